The summed E-state index contributed by atoms with van der Waals surface area (Å²) in [6.07, 6.45) is 1.40. The maximum absolute atomic E-state index is 12.0. The highest BCUT2D eigenvalue weighted by molar-refractivity contribution is 5.97. The number of carboxylic acid groups (broad SMARTS) is 1. The van der Waals surface area contributed by atoms with Gasteiger partial charge < -0.3 is 10.4 Å². The van der Waals surface area contributed by atoms with E-state index in [1.807, 2.05) is 0 Å². The summed E-state index contributed by atoms with van der Waals surface area (Å²) in [6.45, 7) is 1.38. The third kappa shape index (κ3) is 4.77. The second-order valence-corrected chi connectivity index (χ2v) is 4.89. The van der Waals surface area contributed by atoms with Crippen molar-refractivity contribution in [1.29, 1.82) is 0 Å². The fourth-order valence-corrected chi connectivity index (χ4v) is 1.88. The zero-order valence-corrected chi connectivity index (χ0v) is 12.8. The Morgan fingerprint density at radius 3 is 2.38 bits per heavy atom. The van der Waals surface area contributed by atoms with Crippen LogP contribution in [0.1, 0.15) is 33.2 Å². The van der Waals surface area contributed by atoms with Gasteiger partial charge in [0.25, 0.3) is 5.91 Å². The molecule has 0 fully saturated rings. The monoisotopic (exact) mass is 325 g/mol. The number of hydrogen-bond donors (Lipinski definition) is 3. The van der Waals surface area contributed by atoms with Gasteiger partial charge in [-0.1, -0.05) is 18.2 Å². The number of anilines is 1. The normalized spacial score (nSPS) is 10.4. The van der Waals surface area contributed by atoms with E-state index >= 15 is 0 Å². The Bertz CT molecular complexity index is 798. The molecule has 0 heterocycles. The minimum absolute atomic E-state index is 0.172. The standard InChI is InChI=1S/C17H15N3O4/c1-11(21)19-15-4-2-3-14(9-15)16(22)20-18-10-12-5-7-13(8-6-12)17(23)24/h2-10H,1H3,(H,19,21)(H,20,22)(H,23,24)/b18-10-. The second kappa shape index (κ2) is 7.68. The van der Waals surface area contributed by atoms with E-state index in [4.69, 9.17) is 5.11 Å². The van der Waals surface area contributed by atoms with Crippen LogP contribution in [0.5, 0.6) is 0 Å². The van der Waals surface area contributed by atoms with E-state index in [-0.39, 0.29) is 11.5 Å². The van der Waals surface area contributed by atoms with Crippen molar-refractivity contribution < 1.29 is 19.5 Å². The molecule has 2 aromatic rings. The Balaban J connectivity index is 1.99. The number of rotatable bonds is 5. The Kier molecular flexibility index (Phi) is 5.40. The van der Waals surface area contributed by atoms with Crippen LogP contribution in [0.4, 0.5) is 5.69 Å². The first kappa shape index (κ1) is 16.9. The van der Waals surface area contributed by atoms with Crippen molar-refractivity contribution >= 4 is 29.7 Å². The molecule has 2 amide bonds. The lowest BCUT2D eigenvalue weighted by Gasteiger charge is -2.04. The number of carbonyl (C=O) groups is 3. The Morgan fingerprint density at radius 1 is 1.04 bits per heavy atom. The van der Waals surface area contributed by atoms with E-state index in [2.05, 4.69) is 15.8 Å². The molecule has 2 aromatic carbocycles. The lowest BCUT2D eigenvalue weighted by molar-refractivity contribution is -0.114. The van der Waals surface area contributed by atoms with Crippen LogP contribution in [0.3, 0.4) is 0 Å². The first-order valence-electron chi connectivity index (χ1n) is 7.00. The number of carbonyl (C=O) groups excluding carboxylic acids is 2. The molecule has 0 aliphatic heterocycles. The number of nitrogens with zero attached hydrogens (tertiary/aromatic N) is 1. The lowest BCUT2D eigenvalue weighted by Crippen LogP contribution is -2.18. The van der Waals surface area contributed by atoms with Crippen molar-refractivity contribution in [2.24, 2.45) is 5.10 Å². The van der Waals surface area contributed by atoms with Gasteiger partial charge in [0.2, 0.25) is 5.91 Å². The molecule has 0 atom stereocenters. The average Bonchev–Trinajstić information content (AvgIpc) is 2.55. The van der Waals surface area contributed by atoms with Crippen molar-refractivity contribution in [3.8, 4) is 0 Å². The summed E-state index contributed by atoms with van der Waals surface area (Å²) < 4.78 is 0. The largest absolute Gasteiger partial charge is 0.478 e. The lowest BCUT2D eigenvalue weighted by atomic mass is 10.1. The van der Waals surface area contributed by atoms with Crippen molar-refractivity contribution in [2.45, 2.75) is 6.92 Å². The molecule has 0 aromatic heterocycles. The minimum atomic E-state index is -1.01. The molecule has 24 heavy (non-hydrogen) atoms. The second-order valence-electron chi connectivity index (χ2n) is 4.89. The third-order valence-corrected chi connectivity index (χ3v) is 2.98. The van der Waals surface area contributed by atoms with Crippen LogP contribution in [0, 0.1) is 0 Å². The van der Waals surface area contributed by atoms with E-state index in [1.165, 1.54) is 31.3 Å². The third-order valence-electron chi connectivity index (χ3n) is 2.98. The van der Waals surface area contributed by atoms with E-state index < -0.39 is 11.9 Å². The number of carboxylic acids is 1. The number of aromatic carboxylic acids is 1. The molecule has 0 saturated heterocycles. The van der Waals surface area contributed by atoms with Gasteiger partial charge in [-0.25, -0.2) is 10.2 Å². The molecule has 3 N–H and O–H groups in total. The number of benzene rings is 2. The van der Waals surface area contributed by atoms with E-state index in [0.717, 1.165) is 0 Å². The summed E-state index contributed by atoms with van der Waals surface area (Å²) >= 11 is 0. The summed E-state index contributed by atoms with van der Waals surface area (Å²) in [5.41, 5.74) is 4.05. The summed E-state index contributed by atoms with van der Waals surface area (Å²) in [6, 6.07) is 12.5. The molecule has 0 unspecified atom stereocenters. The molecule has 7 heteroatoms. The highest BCUT2D eigenvalue weighted by Crippen LogP contribution is 2.10. The van der Waals surface area contributed by atoms with Crippen LogP contribution in [0.2, 0.25) is 0 Å². The van der Waals surface area contributed by atoms with Crippen LogP contribution in [0.25, 0.3) is 0 Å². The molecule has 0 saturated carbocycles. The van der Waals surface area contributed by atoms with Gasteiger partial charge in [0, 0.05) is 18.2 Å². The van der Waals surface area contributed by atoms with Gasteiger partial charge >= 0.3 is 5.97 Å². The summed E-state index contributed by atoms with van der Waals surface area (Å²) in [4.78, 5) is 33.8. The topological polar surface area (TPSA) is 108 Å². The predicted molar refractivity (Wildman–Crippen MR) is 89.2 cm³/mol. The number of hydrogen-bond acceptors (Lipinski definition) is 4. The molecule has 122 valence electrons. The van der Waals surface area contributed by atoms with Crippen molar-refractivity contribution in [2.75, 3.05) is 5.32 Å². The van der Waals surface area contributed by atoms with Gasteiger partial charge in [-0.05, 0) is 35.9 Å². The van der Waals surface area contributed by atoms with Crippen molar-refractivity contribution in [3.63, 3.8) is 0 Å². The molecule has 0 aliphatic rings. The molecular weight excluding hydrogens is 310 g/mol. The fraction of sp³-hybridized carbons (Fsp3) is 0.0588. The van der Waals surface area contributed by atoms with Gasteiger partial charge in [0.15, 0.2) is 0 Å². The predicted octanol–water partition coefficient (Wildman–Crippen LogP) is 2.11. The maximum Gasteiger partial charge on any atom is 0.335 e. The first-order valence-corrected chi connectivity index (χ1v) is 7.00. The summed E-state index contributed by atoms with van der Waals surface area (Å²) in [7, 11) is 0. The van der Waals surface area contributed by atoms with Crippen molar-refractivity contribution in [1.82, 2.24) is 5.43 Å². The molecule has 0 spiro atoms. The van der Waals surface area contributed by atoms with Gasteiger partial charge in [-0.2, -0.15) is 5.10 Å². The molecule has 0 aliphatic carbocycles. The Labute approximate surface area is 138 Å². The van der Waals surface area contributed by atoms with E-state index in [0.29, 0.717) is 16.8 Å². The summed E-state index contributed by atoms with van der Waals surface area (Å²) in [5, 5.41) is 15.2. The summed E-state index contributed by atoms with van der Waals surface area (Å²) in [5.74, 6) is -1.66. The van der Waals surface area contributed by atoms with Crippen LogP contribution >= 0.6 is 0 Å². The van der Waals surface area contributed by atoms with Crippen LogP contribution < -0.4 is 10.7 Å². The zero-order chi connectivity index (χ0) is 17.5. The molecule has 7 nitrogen and oxygen atoms in total. The van der Waals surface area contributed by atoms with E-state index in [9.17, 15) is 14.4 Å². The minimum Gasteiger partial charge on any atom is -0.478 e. The number of nitrogens with one attached hydrogen (secondary N) is 2. The van der Waals surface area contributed by atoms with Gasteiger partial charge in [0.05, 0.1) is 11.8 Å². The fourth-order valence-electron chi connectivity index (χ4n) is 1.88. The van der Waals surface area contributed by atoms with Crippen LogP contribution in [0.15, 0.2) is 53.6 Å². The highest BCUT2D eigenvalue weighted by atomic mass is 16.4. The van der Waals surface area contributed by atoms with Gasteiger partial charge in [0.1, 0.15) is 0 Å². The van der Waals surface area contributed by atoms with Crippen molar-refractivity contribution in [3.05, 3.63) is 65.2 Å². The SMILES string of the molecule is CC(=O)Nc1cccc(C(=O)N/N=C\c2ccc(C(=O)O)cc2)c1. The highest BCUT2D eigenvalue weighted by Gasteiger charge is 2.06. The van der Waals surface area contributed by atoms with E-state index in [1.54, 1.807) is 30.3 Å². The quantitative estimate of drug-likeness (QED) is 0.578. The molecule has 2 rings (SSSR count). The maximum atomic E-state index is 12.0. The molecule has 0 radical (unpaired) electrons. The smallest absolute Gasteiger partial charge is 0.335 e. The van der Waals surface area contributed by atoms with Gasteiger partial charge in [-0.3, -0.25) is 9.59 Å². The zero-order valence-electron chi connectivity index (χ0n) is 12.8. The van der Waals surface area contributed by atoms with Crippen LogP contribution in [-0.4, -0.2) is 29.1 Å². The Hall–Kier alpha value is -3.48. The Morgan fingerprint density at radius 2 is 1.75 bits per heavy atom. The van der Waals surface area contributed by atoms with Gasteiger partial charge in [-0.15, -0.1) is 0 Å². The molecule has 0 bridgehead atoms. The number of hydrazone groups is 1. The number of amides is 2. The average molecular weight is 325 g/mol. The first-order chi connectivity index (χ1) is 11.5. The van der Waals surface area contributed by atoms with Crippen LogP contribution in [-0.2, 0) is 4.79 Å². The molecular formula is C17H15N3O4.